The summed E-state index contributed by atoms with van der Waals surface area (Å²) >= 11 is 1.14. The van der Waals surface area contributed by atoms with Gasteiger partial charge in [-0.15, -0.1) is 11.3 Å². The molecule has 9 nitrogen and oxygen atoms in total. The molecule has 192 valence electrons. The summed E-state index contributed by atoms with van der Waals surface area (Å²) in [6.07, 6.45) is 3.83. The molecule has 0 atom stereocenters. The predicted octanol–water partition coefficient (Wildman–Crippen LogP) is 1.000. The Morgan fingerprint density at radius 2 is 2.11 bits per heavy atom. The molecule has 1 aromatic heterocycles. The topological polar surface area (TPSA) is 109 Å². The third-order valence-corrected chi connectivity index (χ3v) is 7.48. The molecule has 0 unspecified atom stereocenters. The molecule has 2 aromatic rings. The zero-order valence-corrected chi connectivity index (χ0v) is 21.7. The standard InChI is InChI=1S/C26H33N5O4S/c1-3-31-25(33)23(36-26(31)21(15-27)24(32)29-16-19-5-6-19)17-28-20-7-4-18(2)22(14-20)35-13-10-30-8-11-34-12-9-30/h4,7,14,17,19,28H,3,5-6,8-13,16H2,1-2H3,(H,29,32). The highest BCUT2D eigenvalue weighted by molar-refractivity contribution is 7.07. The lowest BCUT2D eigenvalue weighted by atomic mass is 10.2. The molecule has 2 heterocycles. The number of hydrogen-bond acceptors (Lipinski definition) is 8. The van der Waals surface area contributed by atoms with Gasteiger partial charge in [-0.05, 0) is 44.2 Å². The molecule has 1 amide bonds. The van der Waals surface area contributed by atoms with Crippen molar-refractivity contribution in [2.24, 2.45) is 5.92 Å². The second-order valence-corrected chi connectivity index (χ2v) is 10.1. The van der Waals surface area contributed by atoms with Crippen LogP contribution in [-0.4, -0.2) is 61.4 Å². The number of benzene rings is 1. The van der Waals surface area contributed by atoms with Crippen LogP contribution in [0.15, 0.2) is 23.0 Å². The molecular weight excluding hydrogens is 478 g/mol. The Hall–Kier alpha value is -3.13. The first-order chi connectivity index (χ1) is 17.5. The van der Waals surface area contributed by atoms with Crippen molar-refractivity contribution in [3.63, 3.8) is 0 Å². The van der Waals surface area contributed by atoms with Gasteiger partial charge < -0.3 is 20.1 Å². The molecule has 1 aliphatic heterocycles. The number of aromatic nitrogens is 1. The zero-order chi connectivity index (χ0) is 25.5. The fraction of sp³-hybridized carbons (Fsp3) is 0.500. The summed E-state index contributed by atoms with van der Waals surface area (Å²) in [5.41, 5.74) is 1.55. The van der Waals surface area contributed by atoms with Crippen LogP contribution in [0.3, 0.4) is 0 Å². The van der Waals surface area contributed by atoms with Gasteiger partial charge in [0.1, 0.15) is 27.6 Å². The van der Waals surface area contributed by atoms with E-state index in [2.05, 4.69) is 15.5 Å². The number of morpholine rings is 1. The maximum absolute atomic E-state index is 13.0. The van der Waals surface area contributed by atoms with Gasteiger partial charge in [-0.25, -0.2) is 0 Å². The second kappa shape index (κ2) is 12.2. The summed E-state index contributed by atoms with van der Waals surface area (Å²) in [5, 5.41) is 15.7. The number of nitriles is 1. The van der Waals surface area contributed by atoms with E-state index in [-0.39, 0.29) is 11.1 Å². The zero-order valence-electron chi connectivity index (χ0n) is 20.8. The van der Waals surface area contributed by atoms with Crippen LogP contribution >= 0.6 is 11.3 Å². The average Bonchev–Trinajstić information content (AvgIpc) is 3.67. The quantitative estimate of drug-likeness (QED) is 0.490. The van der Waals surface area contributed by atoms with Crippen molar-refractivity contribution in [1.29, 1.82) is 5.26 Å². The molecule has 0 bridgehead atoms. The van der Waals surface area contributed by atoms with Crippen molar-refractivity contribution in [3.05, 3.63) is 43.3 Å². The Labute approximate surface area is 214 Å². The number of carbonyl (C=O) groups excluding carboxylic acids is 1. The van der Waals surface area contributed by atoms with E-state index >= 15 is 0 Å². The van der Waals surface area contributed by atoms with Gasteiger partial charge in [0.2, 0.25) is 0 Å². The minimum Gasteiger partial charge on any atom is -0.492 e. The molecule has 1 saturated carbocycles. The molecule has 10 heteroatoms. The maximum atomic E-state index is 13.0. The van der Waals surface area contributed by atoms with Crippen molar-refractivity contribution >= 4 is 34.7 Å². The lowest BCUT2D eigenvalue weighted by molar-refractivity contribution is -0.115. The molecule has 0 radical (unpaired) electrons. The van der Waals surface area contributed by atoms with Gasteiger partial charge in [-0.1, -0.05) is 6.07 Å². The summed E-state index contributed by atoms with van der Waals surface area (Å²) in [7, 11) is 0. The van der Waals surface area contributed by atoms with Crippen LogP contribution < -0.4 is 30.1 Å². The monoisotopic (exact) mass is 511 g/mol. The van der Waals surface area contributed by atoms with E-state index in [4.69, 9.17) is 9.47 Å². The highest BCUT2D eigenvalue weighted by Crippen LogP contribution is 2.27. The third kappa shape index (κ3) is 6.55. The van der Waals surface area contributed by atoms with Crippen LogP contribution in [0.25, 0.3) is 11.8 Å². The van der Waals surface area contributed by atoms with Crippen LogP contribution in [0.4, 0.5) is 5.69 Å². The molecule has 4 rings (SSSR count). The van der Waals surface area contributed by atoms with E-state index in [0.717, 1.165) is 74.0 Å². The first-order valence-corrected chi connectivity index (χ1v) is 13.2. The van der Waals surface area contributed by atoms with Crippen molar-refractivity contribution < 1.29 is 14.3 Å². The molecule has 1 saturated heterocycles. The molecule has 2 fully saturated rings. The van der Waals surface area contributed by atoms with Gasteiger partial charge >= 0.3 is 0 Å². The van der Waals surface area contributed by atoms with E-state index in [1.54, 1.807) is 6.20 Å². The first-order valence-electron chi connectivity index (χ1n) is 12.4. The SMILES string of the molecule is CCn1c(=C(C#N)C(=O)NCC2CC2)sc(=CNc2ccc(C)c(OCCN3CCOCC3)c2)c1=O. The number of thiazole rings is 1. The Balaban J connectivity index is 1.50. The van der Waals surface area contributed by atoms with Crippen LogP contribution in [0.5, 0.6) is 5.75 Å². The van der Waals surface area contributed by atoms with Crippen LogP contribution in [0, 0.1) is 24.2 Å². The minimum absolute atomic E-state index is 0.0226. The number of nitrogens with one attached hydrogen (secondary N) is 2. The van der Waals surface area contributed by atoms with E-state index < -0.39 is 5.91 Å². The Morgan fingerprint density at radius 3 is 2.81 bits per heavy atom. The lowest BCUT2D eigenvalue weighted by Crippen LogP contribution is -2.38. The lowest BCUT2D eigenvalue weighted by Gasteiger charge is -2.26. The largest absolute Gasteiger partial charge is 0.492 e. The van der Waals surface area contributed by atoms with Gasteiger partial charge in [-0.3, -0.25) is 19.1 Å². The fourth-order valence-electron chi connectivity index (χ4n) is 3.94. The number of carbonyl (C=O) groups is 1. The highest BCUT2D eigenvalue weighted by Gasteiger charge is 2.23. The van der Waals surface area contributed by atoms with E-state index in [1.807, 2.05) is 38.1 Å². The first kappa shape index (κ1) is 25.9. The summed E-state index contributed by atoms with van der Waals surface area (Å²) < 4.78 is 13.7. The molecule has 2 aliphatic rings. The van der Waals surface area contributed by atoms with Gasteiger partial charge in [0.15, 0.2) is 5.57 Å². The molecular formula is C26H33N5O4S. The second-order valence-electron chi connectivity index (χ2n) is 9.03. The highest BCUT2D eigenvalue weighted by atomic mass is 32.1. The van der Waals surface area contributed by atoms with Crippen LogP contribution in [0.2, 0.25) is 0 Å². The molecule has 36 heavy (non-hydrogen) atoms. The van der Waals surface area contributed by atoms with Crippen molar-refractivity contribution in [1.82, 2.24) is 14.8 Å². The van der Waals surface area contributed by atoms with Gasteiger partial charge in [0.25, 0.3) is 11.5 Å². The van der Waals surface area contributed by atoms with E-state index in [1.165, 1.54) is 4.57 Å². The molecule has 0 spiro atoms. The van der Waals surface area contributed by atoms with E-state index in [9.17, 15) is 14.9 Å². The number of hydrogen-bond donors (Lipinski definition) is 2. The number of ether oxygens (including phenoxy) is 2. The molecule has 1 aliphatic carbocycles. The van der Waals surface area contributed by atoms with Crippen molar-refractivity contribution in [3.8, 4) is 11.8 Å². The Morgan fingerprint density at radius 1 is 1.33 bits per heavy atom. The third-order valence-electron chi connectivity index (χ3n) is 6.35. The summed E-state index contributed by atoms with van der Waals surface area (Å²) in [5.74, 6) is 0.859. The van der Waals surface area contributed by atoms with Crippen LogP contribution in [0.1, 0.15) is 25.3 Å². The smallest absolute Gasteiger partial charge is 0.270 e. The van der Waals surface area contributed by atoms with Crippen LogP contribution in [-0.2, 0) is 16.1 Å². The molecule has 2 N–H and O–H groups in total. The van der Waals surface area contributed by atoms with Crippen molar-refractivity contribution in [2.45, 2.75) is 33.2 Å². The number of nitrogens with zero attached hydrogens (tertiary/aromatic N) is 3. The van der Waals surface area contributed by atoms with Crippen molar-refractivity contribution in [2.75, 3.05) is 51.3 Å². The average molecular weight is 512 g/mol. The number of amides is 1. The molecule has 1 aromatic carbocycles. The fourth-order valence-corrected chi connectivity index (χ4v) is 5.03. The summed E-state index contributed by atoms with van der Waals surface area (Å²) in [6, 6.07) is 7.81. The van der Waals surface area contributed by atoms with E-state index in [0.29, 0.717) is 34.8 Å². The van der Waals surface area contributed by atoms with Gasteiger partial charge in [0.05, 0.1) is 13.2 Å². The summed E-state index contributed by atoms with van der Waals surface area (Å²) in [6.45, 7) is 9.54. The predicted molar refractivity (Wildman–Crippen MR) is 140 cm³/mol. The minimum atomic E-state index is -0.426. The van der Waals surface area contributed by atoms with Gasteiger partial charge in [0, 0.05) is 50.7 Å². The number of anilines is 1. The maximum Gasteiger partial charge on any atom is 0.270 e. The Bertz CT molecular complexity index is 1300. The number of rotatable bonds is 10. The summed E-state index contributed by atoms with van der Waals surface area (Å²) in [4.78, 5) is 27.9. The normalized spacial score (nSPS) is 17.4. The Kier molecular flexibility index (Phi) is 8.80. The van der Waals surface area contributed by atoms with Gasteiger partial charge in [-0.2, -0.15) is 5.26 Å². The number of aryl methyl sites for hydroxylation is 1.